The van der Waals surface area contributed by atoms with Crippen molar-refractivity contribution in [3.8, 4) is 33.4 Å². The zero-order valence-corrected chi connectivity index (χ0v) is 24.3. The number of thiophene rings is 2. The van der Waals surface area contributed by atoms with Crippen LogP contribution in [0, 0.1) is 0 Å². The maximum absolute atomic E-state index is 2.44. The predicted molar refractivity (Wildman–Crippen MR) is 186 cm³/mol. The number of hydrogen-bond acceptors (Lipinski definition) is 2. The Bertz CT molecular complexity index is 2390. The molecular weight excluding hydrogens is 545 g/mol. The van der Waals surface area contributed by atoms with E-state index in [0.717, 1.165) is 0 Å². The van der Waals surface area contributed by atoms with Gasteiger partial charge < -0.3 is 0 Å². The first-order chi connectivity index (χ1) is 20.9. The van der Waals surface area contributed by atoms with Crippen LogP contribution >= 0.6 is 22.7 Å². The molecule has 0 saturated carbocycles. The normalized spacial score (nSPS) is 11.8. The molecule has 0 nitrogen and oxygen atoms in total. The van der Waals surface area contributed by atoms with E-state index in [1.54, 1.807) is 0 Å². The van der Waals surface area contributed by atoms with E-state index in [1.165, 1.54) is 85.2 Å². The molecule has 0 radical (unpaired) electrons. The highest BCUT2D eigenvalue weighted by Gasteiger charge is 2.23. The van der Waals surface area contributed by atoms with E-state index in [-0.39, 0.29) is 0 Å². The summed E-state index contributed by atoms with van der Waals surface area (Å²) < 4.78 is 4.03. The van der Waals surface area contributed by atoms with Gasteiger partial charge in [-0.1, -0.05) is 127 Å². The van der Waals surface area contributed by atoms with Crippen molar-refractivity contribution in [3.63, 3.8) is 0 Å². The van der Waals surface area contributed by atoms with Gasteiger partial charge in [0.2, 0.25) is 0 Å². The Balaban J connectivity index is 1.53. The minimum atomic E-state index is 1.25. The lowest BCUT2D eigenvalue weighted by Crippen LogP contribution is -1.91. The van der Waals surface area contributed by atoms with Gasteiger partial charge in [0.1, 0.15) is 0 Å². The molecule has 2 aromatic heterocycles. The Labute approximate surface area is 251 Å². The van der Waals surface area contributed by atoms with Crippen LogP contribution in [0.4, 0.5) is 0 Å². The predicted octanol–water partition coefficient (Wildman–Crippen LogP) is 12.6. The third kappa shape index (κ3) is 3.46. The molecule has 2 heterocycles. The molecule has 0 atom stereocenters. The highest BCUT2D eigenvalue weighted by atomic mass is 32.1. The van der Waals surface area contributed by atoms with Gasteiger partial charge in [-0.15, -0.1) is 22.7 Å². The lowest BCUT2D eigenvalue weighted by atomic mass is 9.84. The summed E-state index contributed by atoms with van der Waals surface area (Å²) in [6.07, 6.45) is 0. The van der Waals surface area contributed by atoms with Crippen LogP contribution in [0.1, 0.15) is 0 Å². The fourth-order valence-corrected chi connectivity index (χ4v) is 9.04. The van der Waals surface area contributed by atoms with E-state index in [2.05, 4.69) is 145 Å². The van der Waals surface area contributed by atoms with Gasteiger partial charge in [-0.25, -0.2) is 0 Å². The van der Waals surface area contributed by atoms with Crippen molar-refractivity contribution >= 4 is 74.5 Å². The summed E-state index contributed by atoms with van der Waals surface area (Å²) >= 11 is 3.79. The van der Waals surface area contributed by atoms with Gasteiger partial charge in [0.15, 0.2) is 0 Å². The monoisotopic (exact) mass is 568 g/mol. The van der Waals surface area contributed by atoms with E-state index >= 15 is 0 Å². The van der Waals surface area contributed by atoms with Gasteiger partial charge in [-0.05, 0) is 61.3 Å². The fourth-order valence-electron chi connectivity index (χ4n) is 6.77. The average molecular weight is 569 g/mol. The molecule has 196 valence electrons. The Morgan fingerprint density at radius 1 is 0.381 bits per heavy atom. The van der Waals surface area contributed by atoms with E-state index in [0.29, 0.717) is 0 Å². The summed E-state index contributed by atoms with van der Waals surface area (Å²) in [7, 11) is 0. The fraction of sp³-hybridized carbons (Fsp3) is 0. The minimum Gasteiger partial charge on any atom is -0.142 e. The summed E-state index contributed by atoms with van der Waals surface area (Å²) in [6.45, 7) is 0. The number of hydrogen-bond donors (Lipinski definition) is 0. The summed E-state index contributed by atoms with van der Waals surface area (Å²) in [5, 5.41) is 11.6. The van der Waals surface area contributed by atoms with Crippen LogP contribution in [0.25, 0.3) is 85.2 Å². The Morgan fingerprint density at radius 2 is 0.905 bits per heavy atom. The molecular formula is C40H24S2. The standard InChI is InChI=1S/C40H24S2/c1-3-13-25(14-4-1)33-24-41-40-32(33)23-35-38(31-21-11-12-22-34(31)42-35)39(40)37-29-19-9-7-17-27(29)36(26-15-5-2-6-16-26)28-18-8-10-20-30(28)37/h1-24H. The summed E-state index contributed by atoms with van der Waals surface area (Å²) in [5.74, 6) is 0. The number of fused-ring (bicyclic) bond motifs is 6. The van der Waals surface area contributed by atoms with Crippen LogP contribution in [0.5, 0.6) is 0 Å². The van der Waals surface area contributed by atoms with Crippen LogP contribution in [0.15, 0.2) is 145 Å². The van der Waals surface area contributed by atoms with Crippen molar-refractivity contribution in [2.24, 2.45) is 0 Å². The van der Waals surface area contributed by atoms with Crippen LogP contribution in [0.2, 0.25) is 0 Å². The molecule has 0 fully saturated rings. The molecule has 0 N–H and O–H groups in total. The number of benzene rings is 7. The quantitative estimate of drug-likeness (QED) is 0.186. The van der Waals surface area contributed by atoms with Crippen molar-refractivity contribution in [3.05, 3.63) is 145 Å². The Kier molecular flexibility index (Phi) is 5.34. The van der Waals surface area contributed by atoms with Crippen LogP contribution in [-0.4, -0.2) is 0 Å². The summed E-state index contributed by atoms with van der Waals surface area (Å²) in [5.41, 5.74) is 7.83. The first-order valence-electron chi connectivity index (χ1n) is 14.3. The van der Waals surface area contributed by atoms with Crippen LogP contribution < -0.4 is 0 Å². The smallest absolute Gasteiger partial charge is 0.0435 e. The van der Waals surface area contributed by atoms with E-state index in [9.17, 15) is 0 Å². The highest BCUT2D eigenvalue weighted by Crippen LogP contribution is 2.52. The van der Waals surface area contributed by atoms with Gasteiger partial charge in [0, 0.05) is 41.4 Å². The molecule has 0 aliphatic heterocycles. The largest absolute Gasteiger partial charge is 0.142 e. The van der Waals surface area contributed by atoms with Crippen molar-refractivity contribution < 1.29 is 0 Å². The van der Waals surface area contributed by atoms with E-state index in [1.807, 2.05) is 22.7 Å². The molecule has 0 aliphatic rings. The third-order valence-electron chi connectivity index (χ3n) is 8.53. The minimum absolute atomic E-state index is 1.25. The van der Waals surface area contributed by atoms with Crippen molar-refractivity contribution in [1.82, 2.24) is 0 Å². The Morgan fingerprint density at radius 3 is 1.55 bits per heavy atom. The molecule has 0 bridgehead atoms. The van der Waals surface area contributed by atoms with Crippen molar-refractivity contribution in [2.45, 2.75) is 0 Å². The van der Waals surface area contributed by atoms with Gasteiger partial charge >= 0.3 is 0 Å². The molecule has 0 aliphatic carbocycles. The lowest BCUT2D eigenvalue weighted by Gasteiger charge is -2.19. The van der Waals surface area contributed by atoms with Crippen LogP contribution in [0.3, 0.4) is 0 Å². The molecule has 7 aromatic carbocycles. The topological polar surface area (TPSA) is 0 Å². The second-order valence-corrected chi connectivity index (χ2v) is 12.8. The molecule has 0 spiro atoms. The second-order valence-electron chi connectivity index (χ2n) is 10.8. The third-order valence-corrected chi connectivity index (χ3v) is 10.7. The molecule has 42 heavy (non-hydrogen) atoms. The zero-order chi connectivity index (χ0) is 27.6. The van der Waals surface area contributed by atoms with Gasteiger partial charge in [0.25, 0.3) is 0 Å². The van der Waals surface area contributed by atoms with Gasteiger partial charge in [-0.2, -0.15) is 0 Å². The summed E-state index contributed by atoms with van der Waals surface area (Å²) in [6, 6.07) is 51.1. The first kappa shape index (κ1) is 23.9. The molecule has 9 aromatic rings. The van der Waals surface area contributed by atoms with Crippen molar-refractivity contribution in [2.75, 3.05) is 0 Å². The second kappa shape index (κ2) is 9.39. The van der Waals surface area contributed by atoms with E-state index < -0.39 is 0 Å². The number of rotatable bonds is 3. The molecule has 0 saturated heterocycles. The molecule has 2 heteroatoms. The maximum atomic E-state index is 2.44. The van der Waals surface area contributed by atoms with Crippen molar-refractivity contribution in [1.29, 1.82) is 0 Å². The molecule has 0 amide bonds. The molecule has 9 rings (SSSR count). The Hall–Kier alpha value is -4.76. The lowest BCUT2D eigenvalue weighted by molar-refractivity contribution is 1.67. The van der Waals surface area contributed by atoms with Crippen LogP contribution in [-0.2, 0) is 0 Å². The van der Waals surface area contributed by atoms with E-state index in [4.69, 9.17) is 0 Å². The summed E-state index contributed by atoms with van der Waals surface area (Å²) in [4.78, 5) is 0. The highest BCUT2D eigenvalue weighted by molar-refractivity contribution is 7.26. The molecule has 0 unspecified atom stereocenters. The maximum Gasteiger partial charge on any atom is 0.0435 e. The SMILES string of the molecule is c1ccc(-c2c3ccccc3c(-c3c4scc(-c5ccccc5)c4cc4sc5ccccc5c34)c3ccccc23)cc1. The average Bonchev–Trinajstić information content (AvgIpc) is 3.65. The van der Waals surface area contributed by atoms with Gasteiger partial charge in [-0.3, -0.25) is 0 Å². The first-order valence-corrected chi connectivity index (χ1v) is 16.0. The van der Waals surface area contributed by atoms with Gasteiger partial charge in [0.05, 0.1) is 0 Å². The zero-order valence-electron chi connectivity index (χ0n) is 22.7.